The van der Waals surface area contributed by atoms with Gasteiger partial charge in [-0.3, -0.25) is 9.59 Å². The van der Waals surface area contributed by atoms with E-state index in [1.165, 1.54) is 0 Å². The lowest BCUT2D eigenvalue weighted by molar-refractivity contribution is -0.137. The molecule has 0 bridgehead atoms. The molecule has 1 rings (SSSR count). The van der Waals surface area contributed by atoms with Crippen molar-refractivity contribution in [3.8, 4) is 0 Å². The maximum absolute atomic E-state index is 11.3. The molecule has 0 aromatic rings. The summed E-state index contributed by atoms with van der Waals surface area (Å²) < 4.78 is 0. The van der Waals surface area contributed by atoms with Crippen LogP contribution in [0.3, 0.4) is 0 Å². The molecular formula is C8H14N2O2. The van der Waals surface area contributed by atoms with E-state index in [1.807, 2.05) is 13.8 Å². The third-order valence-electron chi connectivity index (χ3n) is 2.00. The fraction of sp³-hybridized carbons (Fsp3) is 0.750. The lowest BCUT2D eigenvalue weighted by Gasteiger charge is -2.29. The molecule has 1 saturated heterocycles. The van der Waals surface area contributed by atoms with Crippen molar-refractivity contribution in [1.29, 1.82) is 0 Å². The first-order chi connectivity index (χ1) is 5.52. The second-order valence-corrected chi connectivity index (χ2v) is 3.46. The van der Waals surface area contributed by atoms with Crippen molar-refractivity contribution >= 4 is 11.8 Å². The van der Waals surface area contributed by atoms with Gasteiger partial charge in [-0.2, -0.15) is 0 Å². The van der Waals surface area contributed by atoms with E-state index >= 15 is 0 Å². The van der Waals surface area contributed by atoms with Crippen molar-refractivity contribution in [1.82, 2.24) is 10.6 Å². The third-order valence-corrected chi connectivity index (χ3v) is 2.00. The van der Waals surface area contributed by atoms with Crippen LogP contribution in [0.4, 0.5) is 0 Å². The molecule has 4 heteroatoms. The van der Waals surface area contributed by atoms with E-state index in [2.05, 4.69) is 10.6 Å². The van der Waals surface area contributed by atoms with Gasteiger partial charge in [-0.05, 0) is 12.8 Å². The second-order valence-electron chi connectivity index (χ2n) is 3.46. The molecule has 1 aliphatic rings. The molecule has 0 spiro atoms. The molecule has 2 amide bonds. The van der Waals surface area contributed by atoms with E-state index < -0.39 is 6.04 Å². The highest BCUT2D eigenvalue weighted by Gasteiger charge is 2.32. The molecule has 68 valence electrons. The number of carbonyl (C=O) groups excluding carboxylic acids is 2. The highest BCUT2D eigenvalue weighted by Crippen LogP contribution is 2.06. The Bertz CT molecular complexity index is 213. The van der Waals surface area contributed by atoms with Gasteiger partial charge in [0.1, 0.15) is 12.1 Å². The van der Waals surface area contributed by atoms with Gasteiger partial charge in [-0.25, -0.2) is 0 Å². The van der Waals surface area contributed by atoms with Crippen molar-refractivity contribution in [2.45, 2.75) is 32.9 Å². The van der Waals surface area contributed by atoms with Crippen molar-refractivity contribution in [3.05, 3.63) is 0 Å². The number of nitrogens with one attached hydrogen (secondary N) is 2. The van der Waals surface area contributed by atoms with Gasteiger partial charge >= 0.3 is 0 Å². The van der Waals surface area contributed by atoms with Crippen molar-refractivity contribution in [2.75, 3.05) is 0 Å². The van der Waals surface area contributed by atoms with Crippen LogP contribution < -0.4 is 10.6 Å². The molecule has 2 N–H and O–H groups in total. The summed E-state index contributed by atoms with van der Waals surface area (Å²) in [6, 6.07) is -0.763. The van der Waals surface area contributed by atoms with Crippen LogP contribution in [0, 0.1) is 5.92 Å². The Morgan fingerprint density at radius 2 is 1.75 bits per heavy atom. The van der Waals surface area contributed by atoms with Crippen molar-refractivity contribution in [2.24, 2.45) is 5.92 Å². The molecule has 1 fully saturated rings. The normalized spacial score (nSPS) is 30.0. The summed E-state index contributed by atoms with van der Waals surface area (Å²) in [5.74, 6) is -0.0492. The Kier molecular flexibility index (Phi) is 2.35. The van der Waals surface area contributed by atoms with Gasteiger partial charge in [0.05, 0.1) is 0 Å². The molecule has 12 heavy (non-hydrogen) atoms. The number of amides is 2. The maximum Gasteiger partial charge on any atom is 0.243 e. The van der Waals surface area contributed by atoms with Crippen molar-refractivity contribution in [3.63, 3.8) is 0 Å². The second kappa shape index (κ2) is 3.13. The van der Waals surface area contributed by atoms with Crippen LogP contribution in [0.25, 0.3) is 0 Å². The van der Waals surface area contributed by atoms with Gasteiger partial charge in [0.15, 0.2) is 0 Å². The monoisotopic (exact) mass is 170 g/mol. The standard InChI is InChI=1S/C8H14N2O2/c1-4(2)6-8(12)9-5(3)7(11)10-6/h4-6H,1-3H3,(H,9,12)(H,10,11)/t5-,6?/m0/s1. The summed E-state index contributed by atoms with van der Waals surface area (Å²) in [6.07, 6.45) is 0. The Labute approximate surface area is 71.7 Å². The smallest absolute Gasteiger partial charge is 0.243 e. The first-order valence-electron chi connectivity index (χ1n) is 4.13. The Balaban J connectivity index is 2.68. The van der Waals surface area contributed by atoms with Crippen LogP contribution in [0.2, 0.25) is 0 Å². The Morgan fingerprint density at radius 3 is 2.25 bits per heavy atom. The number of rotatable bonds is 1. The first kappa shape index (κ1) is 9.03. The summed E-state index contributed by atoms with van der Waals surface area (Å²) in [6.45, 7) is 5.48. The minimum atomic E-state index is -0.396. The molecule has 0 aromatic carbocycles. The minimum absolute atomic E-state index is 0.0860. The minimum Gasteiger partial charge on any atom is -0.343 e. The fourth-order valence-electron chi connectivity index (χ4n) is 1.18. The average Bonchev–Trinajstić information content (AvgIpc) is 1.96. The molecule has 0 saturated carbocycles. The summed E-state index contributed by atoms with van der Waals surface area (Å²) in [5.41, 5.74) is 0. The summed E-state index contributed by atoms with van der Waals surface area (Å²) in [5, 5.41) is 5.27. The van der Waals surface area contributed by atoms with Crippen LogP contribution >= 0.6 is 0 Å². The Morgan fingerprint density at radius 1 is 1.17 bits per heavy atom. The third kappa shape index (κ3) is 1.57. The van der Waals surface area contributed by atoms with E-state index in [9.17, 15) is 9.59 Å². The van der Waals surface area contributed by atoms with E-state index in [1.54, 1.807) is 6.92 Å². The topological polar surface area (TPSA) is 58.2 Å². The molecule has 0 aliphatic carbocycles. The molecule has 1 unspecified atom stereocenters. The predicted octanol–water partition coefficient (Wildman–Crippen LogP) is -0.355. The van der Waals surface area contributed by atoms with Gasteiger partial charge in [0, 0.05) is 0 Å². The molecular weight excluding hydrogens is 156 g/mol. The van der Waals surface area contributed by atoms with Crippen molar-refractivity contribution < 1.29 is 9.59 Å². The molecule has 4 nitrogen and oxygen atoms in total. The lowest BCUT2D eigenvalue weighted by atomic mass is 10.0. The zero-order chi connectivity index (χ0) is 9.30. The van der Waals surface area contributed by atoms with E-state index in [0.29, 0.717) is 0 Å². The quantitative estimate of drug-likeness (QED) is 0.565. The molecule has 2 atom stereocenters. The van der Waals surface area contributed by atoms with Crippen LogP contribution in [-0.4, -0.2) is 23.9 Å². The SMILES string of the molecule is CC(C)C1NC(=O)[C@H](C)NC1=O. The lowest BCUT2D eigenvalue weighted by Crippen LogP contribution is -2.62. The molecule has 0 radical (unpaired) electrons. The fourth-order valence-corrected chi connectivity index (χ4v) is 1.18. The largest absolute Gasteiger partial charge is 0.343 e. The molecule has 1 heterocycles. The van der Waals surface area contributed by atoms with Gasteiger partial charge < -0.3 is 10.6 Å². The Hall–Kier alpha value is -1.06. The van der Waals surface area contributed by atoms with E-state index in [4.69, 9.17) is 0 Å². The summed E-state index contributed by atoms with van der Waals surface area (Å²) in [7, 11) is 0. The summed E-state index contributed by atoms with van der Waals surface area (Å²) >= 11 is 0. The van der Waals surface area contributed by atoms with Crippen LogP contribution in [0.15, 0.2) is 0 Å². The molecule has 1 aliphatic heterocycles. The number of hydrogen-bond donors (Lipinski definition) is 2. The average molecular weight is 170 g/mol. The highest BCUT2D eigenvalue weighted by atomic mass is 16.2. The zero-order valence-corrected chi connectivity index (χ0v) is 7.55. The zero-order valence-electron chi connectivity index (χ0n) is 7.55. The number of hydrogen-bond acceptors (Lipinski definition) is 2. The number of piperazine rings is 1. The number of carbonyl (C=O) groups is 2. The van der Waals surface area contributed by atoms with Gasteiger partial charge in [0.2, 0.25) is 11.8 Å². The highest BCUT2D eigenvalue weighted by molar-refractivity contribution is 5.96. The van der Waals surface area contributed by atoms with Gasteiger partial charge in [-0.15, -0.1) is 0 Å². The predicted molar refractivity (Wildman–Crippen MR) is 44.4 cm³/mol. The summed E-state index contributed by atoms with van der Waals surface area (Å²) in [4.78, 5) is 22.4. The van der Waals surface area contributed by atoms with Gasteiger partial charge in [-0.1, -0.05) is 13.8 Å². The maximum atomic E-state index is 11.3. The molecule has 0 aromatic heterocycles. The van der Waals surface area contributed by atoms with Crippen LogP contribution in [0.5, 0.6) is 0 Å². The first-order valence-corrected chi connectivity index (χ1v) is 4.13. The van der Waals surface area contributed by atoms with Crippen LogP contribution in [0.1, 0.15) is 20.8 Å². The van der Waals surface area contributed by atoms with E-state index in [0.717, 1.165) is 0 Å². The van der Waals surface area contributed by atoms with E-state index in [-0.39, 0.29) is 23.8 Å². The van der Waals surface area contributed by atoms with Gasteiger partial charge in [0.25, 0.3) is 0 Å². The van der Waals surface area contributed by atoms with Crippen LogP contribution in [-0.2, 0) is 9.59 Å².